The van der Waals surface area contributed by atoms with Crippen LogP contribution in [0, 0.1) is 0 Å². The number of rotatable bonds is 6. The smallest absolute Gasteiger partial charge is 0.178 e. The molecular formula is C13H19N5O. The minimum absolute atomic E-state index is 0.515. The van der Waals surface area contributed by atoms with Gasteiger partial charge in [-0.1, -0.05) is 0 Å². The first kappa shape index (κ1) is 12.3. The lowest BCUT2D eigenvalue weighted by molar-refractivity contribution is 0.00244. The Hall–Kier alpha value is -1.69. The number of hydrogen-bond donors (Lipinski definition) is 1. The average molecular weight is 261 g/mol. The third-order valence-electron chi connectivity index (χ3n) is 3.48. The Kier molecular flexibility index (Phi) is 3.59. The number of anilines is 1. The molecule has 1 fully saturated rings. The molecule has 1 N–H and O–H groups in total. The van der Waals surface area contributed by atoms with Crippen LogP contribution in [0.4, 0.5) is 5.82 Å². The average Bonchev–Trinajstić information content (AvgIpc) is 2.69. The first-order valence-corrected chi connectivity index (χ1v) is 6.84. The molecule has 0 saturated heterocycles. The molecule has 0 amide bonds. The van der Waals surface area contributed by atoms with Gasteiger partial charge in [-0.2, -0.15) is 5.10 Å². The molecule has 1 saturated carbocycles. The Balaban J connectivity index is 1.50. The first-order valence-electron chi connectivity index (χ1n) is 6.84. The highest BCUT2D eigenvalue weighted by atomic mass is 16.5. The molecule has 19 heavy (non-hydrogen) atoms. The van der Waals surface area contributed by atoms with E-state index in [4.69, 9.17) is 4.74 Å². The molecule has 1 aliphatic carbocycles. The molecule has 3 rings (SSSR count). The fraction of sp³-hybridized carbons (Fsp3) is 0.615. The lowest BCUT2D eigenvalue weighted by atomic mass is 9.96. The Morgan fingerprint density at radius 1 is 1.37 bits per heavy atom. The predicted molar refractivity (Wildman–Crippen MR) is 73.0 cm³/mol. The quantitative estimate of drug-likeness (QED) is 0.802. The van der Waals surface area contributed by atoms with Gasteiger partial charge in [-0.05, 0) is 25.7 Å². The lowest BCUT2D eigenvalue weighted by Crippen LogP contribution is -2.22. The molecule has 1 aliphatic rings. The van der Waals surface area contributed by atoms with Gasteiger partial charge in [-0.3, -0.25) is 0 Å². The minimum atomic E-state index is 0.515. The van der Waals surface area contributed by atoms with E-state index in [1.807, 2.05) is 7.05 Å². The molecule has 6 heteroatoms. The maximum absolute atomic E-state index is 5.71. The second-order valence-electron chi connectivity index (χ2n) is 4.90. The van der Waals surface area contributed by atoms with Gasteiger partial charge in [0.2, 0.25) is 0 Å². The van der Waals surface area contributed by atoms with Gasteiger partial charge in [0, 0.05) is 32.6 Å². The molecule has 0 spiro atoms. The Morgan fingerprint density at radius 2 is 2.21 bits per heavy atom. The summed E-state index contributed by atoms with van der Waals surface area (Å²) in [6.07, 6.45) is 8.65. The Bertz CT molecular complexity index is 549. The van der Waals surface area contributed by atoms with E-state index in [1.54, 1.807) is 17.1 Å². The van der Waals surface area contributed by atoms with Crippen molar-refractivity contribution in [2.24, 2.45) is 7.05 Å². The summed E-state index contributed by atoms with van der Waals surface area (Å²) in [4.78, 5) is 8.57. The van der Waals surface area contributed by atoms with Gasteiger partial charge < -0.3 is 10.1 Å². The number of fused-ring (bicyclic) bond motifs is 1. The van der Waals surface area contributed by atoms with Gasteiger partial charge >= 0.3 is 0 Å². The highest BCUT2D eigenvalue weighted by Gasteiger charge is 2.17. The van der Waals surface area contributed by atoms with Crippen LogP contribution in [-0.2, 0) is 11.8 Å². The molecular weight excluding hydrogens is 242 g/mol. The number of nitrogens with zero attached hydrogens (tertiary/aromatic N) is 4. The number of aromatic nitrogens is 4. The van der Waals surface area contributed by atoms with E-state index in [0.29, 0.717) is 6.10 Å². The van der Waals surface area contributed by atoms with Crippen molar-refractivity contribution in [1.29, 1.82) is 0 Å². The number of hydrogen-bond acceptors (Lipinski definition) is 5. The van der Waals surface area contributed by atoms with Crippen LogP contribution in [0.3, 0.4) is 0 Å². The van der Waals surface area contributed by atoms with Crippen molar-refractivity contribution in [1.82, 2.24) is 19.7 Å². The summed E-state index contributed by atoms with van der Waals surface area (Å²) >= 11 is 0. The van der Waals surface area contributed by atoms with E-state index in [9.17, 15) is 0 Å². The summed E-state index contributed by atoms with van der Waals surface area (Å²) in [5.41, 5.74) is 1.63. The van der Waals surface area contributed by atoms with Crippen molar-refractivity contribution < 1.29 is 4.74 Å². The van der Waals surface area contributed by atoms with Crippen molar-refractivity contribution in [3.63, 3.8) is 0 Å². The van der Waals surface area contributed by atoms with Crippen molar-refractivity contribution in [3.05, 3.63) is 12.4 Å². The summed E-state index contributed by atoms with van der Waals surface area (Å²) in [6.45, 7) is 1.66. The molecule has 2 heterocycles. The maximum atomic E-state index is 5.71. The van der Waals surface area contributed by atoms with Crippen LogP contribution in [-0.4, -0.2) is 39.0 Å². The fourth-order valence-corrected chi connectivity index (χ4v) is 2.16. The Morgan fingerprint density at radius 3 is 3.00 bits per heavy atom. The molecule has 102 valence electrons. The molecule has 0 aliphatic heterocycles. The maximum Gasteiger partial charge on any atom is 0.178 e. The third kappa shape index (κ3) is 2.68. The van der Waals surface area contributed by atoms with Crippen LogP contribution in [0.15, 0.2) is 12.4 Å². The van der Waals surface area contributed by atoms with Crippen molar-refractivity contribution in [2.45, 2.75) is 31.8 Å². The van der Waals surface area contributed by atoms with Gasteiger partial charge in [0.1, 0.15) is 0 Å². The summed E-state index contributed by atoms with van der Waals surface area (Å²) in [5.74, 6) is 0.800. The number of nitrogens with one attached hydrogen (secondary N) is 1. The van der Waals surface area contributed by atoms with E-state index in [2.05, 4.69) is 20.4 Å². The summed E-state index contributed by atoms with van der Waals surface area (Å²) in [7, 11) is 1.88. The molecule has 0 unspecified atom stereocenters. The topological polar surface area (TPSA) is 64.9 Å². The normalized spacial score (nSPS) is 15.6. The van der Waals surface area contributed by atoms with E-state index >= 15 is 0 Å². The third-order valence-corrected chi connectivity index (χ3v) is 3.48. The second kappa shape index (κ2) is 5.52. The largest absolute Gasteiger partial charge is 0.378 e. The standard InChI is InChI=1S/C13H19N5O/c1-18-13-11(14-7-8-16-13)12(17-18)15-6-3-9-19-10-4-2-5-10/h7-8,10H,2-6,9H2,1H3,(H,15,17). The van der Waals surface area contributed by atoms with Crippen molar-refractivity contribution in [2.75, 3.05) is 18.5 Å². The van der Waals surface area contributed by atoms with Crippen LogP contribution in [0.25, 0.3) is 11.2 Å². The summed E-state index contributed by atoms with van der Waals surface area (Å²) in [6, 6.07) is 0. The second-order valence-corrected chi connectivity index (χ2v) is 4.90. The molecule has 0 radical (unpaired) electrons. The van der Waals surface area contributed by atoms with E-state index in [-0.39, 0.29) is 0 Å². The summed E-state index contributed by atoms with van der Waals surface area (Å²) < 4.78 is 7.46. The first-order chi connectivity index (χ1) is 9.34. The highest BCUT2D eigenvalue weighted by molar-refractivity contribution is 5.82. The zero-order chi connectivity index (χ0) is 13.1. The van der Waals surface area contributed by atoms with Gasteiger partial charge in [0.25, 0.3) is 0 Å². The van der Waals surface area contributed by atoms with Crippen molar-refractivity contribution in [3.8, 4) is 0 Å². The molecule has 0 bridgehead atoms. The molecule has 2 aromatic rings. The van der Waals surface area contributed by atoms with E-state index in [0.717, 1.165) is 36.6 Å². The number of aryl methyl sites for hydroxylation is 1. The van der Waals surface area contributed by atoms with E-state index in [1.165, 1.54) is 19.3 Å². The van der Waals surface area contributed by atoms with Crippen LogP contribution < -0.4 is 5.32 Å². The monoisotopic (exact) mass is 261 g/mol. The van der Waals surface area contributed by atoms with Crippen LogP contribution in [0.2, 0.25) is 0 Å². The summed E-state index contributed by atoms with van der Waals surface area (Å²) in [5, 5.41) is 7.69. The van der Waals surface area contributed by atoms with Crippen LogP contribution in [0.5, 0.6) is 0 Å². The van der Waals surface area contributed by atoms with Crippen LogP contribution in [0.1, 0.15) is 25.7 Å². The van der Waals surface area contributed by atoms with Gasteiger partial charge in [0.15, 0.2) is 17.0 Å². The molecule has 0 atom stereocenters. The zero-order valence-corrected chi connectivity index (χ0v) is 11.2. The highest BCUT2D eigenvalue weighted by Crippen LogP contribution is 2.22. The minimum Gasteiger partial charge on any atom is -0.378 e. The molecule has 0 aromatic carbocycles. The lowest BCUT2D eigenvalue weighted by Gasteiger charge is -2.25. The SMILES string of the molecule is Cn1nc(NCCCOC2CCC2)c2nccnc21. The fourth-order valence-electron chi connectivity index (χ4n) is 2.16. The molecule has 6 nitrogen and oxygen atoms in total. The van der Waals surface area contributed by atoms with E-state index < -0.39 is 0 Å². The van der Waals surface area contributed by atoms with Crippen LogP contribution >= 0.6 is 0 Å². The predicted octanol–water partition coefficient (Wildman–Crippen LogP) is 1.73. The van der Waals surface area contributed by atoms with Crippen molar-refractivity contribution >= 4 is 17.0 Å². The van der Waals surface area contributed by atoms with Gasteiger partial charge in [-0.25, -0.2) is 14.6 Å². The zero-order valence-electron chi connectivity index (χ0n) is 11.2. The van der Waals surface area contributed by atoms with Gasteiger partial charge in [0.05, 0.1) is 6.10 Å². The van der Waals surface area contributed by atoms with Gasteiger partial charge in [-0.15, -0.1) is 0 Å². The molecule has 2 aromatic heterocycles. The Labute approximate surface area is 112 Å². The number of ether oxygens (including phenoxy) is 1.